The minimum Gasteiger partial charge on any atom is -0.389 e. The maximum atomic E-state index is 14.0. The van der Waals surface area contributed by atoms with Crippen LogP contribution in [0.2, 0.25) is 0 Å². The molecule has 0 spiro atoms. The molecule has 1 atom stereocenters. The number of carbonyl (C=O) groups is 2. The molecule has 1 saturated heterocycles. The van der Waals surface area contributed by atoms with Crippen LogP contribution in [0.4, 0.5) is 27.8 Å². The summed E-state index contributed by atoms with van der Waals surface area (Å²) in [5, 5.41) is 14.2. The van der Waals surface area contributed by atoms with E-state index >= 15 is 0 Å². The molecule has 14 heteroatoms. The Morgan fingerprint density at radius 2 is 1.87 bits per heavy atom. The number of piperidine rings is 1. The zero-order chi connectivity index (χ0) is 29.5. The molecule has 0 saturated carbocycles. The first-order valence-electron chi connectivity index (χ1n) is 12.6. The molecule has 3 heterocycles. The van der Waals surface area contributed by atoms with Gasteiger partial charge in [-0.1, -0.05) is 13.8 Å². The third-order valence-electron chi connectivity index (χ3n) is 5.66. The van der Waals surface area contributed by atoms with E-state index in [-0.39, 0.29) is 33.7 Å². The van der Waals surface area contributed by atoms with Crippen molar-refractivity contribution in [2.45, 2.75) is 78.1 Å². The zero-order valence-electron chi connectivity index (χ0n) is 22.5. The number of pyridine rings is 1. The van der Waals surface area contributed by atoms with E-state index in [4.69, 9.17) is 0 Å². The molecular weight excluding hydrogens is 545 g/mol. The van der Waals surface area contributed by atoms with Gasteiger partial charge in [0, 0.05) is 36.5 Å². The number of carbonyl (C=O) groups excluding carboxylic acids is 2. The summed E-state index contributed by atoms with van der Waals surface area (Å²) >= 11 is 0.694. The number of nitrogens with one attached hydrogen (secondary N) is 2. The quantitative estimate of drug-likeness (QED) is 0.349. The molecule has 2 amide bonds. The van der Waals surface area contributed by atoms with Gasteiger partial charge in [-0.2, -0.15) is 13.2 Å². The normalized spacial score (nSPS) is 16.0. The van der Waals surface area contributed by atoms with Crippen molar-refractivity contribution in [3.05, 3.63) is 28.5 Å². The van der Waals surface area contributed by atoms with Crippen LogP contribution in [0, 0.1) is 0 Å². The fourth-order valence-corrected chi connectivity index (χ4v) is 4.79. The van der Waals surface area contributed by atoms with Crippen LogP contribution >= 0.6 is 11.3 Å². The average molecular weight is 580 g/mol. The van der Waals surface area contributed by atoms with Crippen LogP contribution in [0.25, 0.3) is 10.4 Å². The lowest BCUT2D eigenvalue weighted by Gasteiger charge is -2.33. The third kappa shape index (κ3) is 9.09. The average Bonchev–Trinajstić information content (AvgIpc) is 3.31. The van der Waals surface area contributed by atoms with Gasteiger partial charge in [-0.3, -0.25) is 9.59 Å². The van der Waals surface area contributed by atoms with Gasteiger partial charge in [0.2, 0.25) is 0 Å². The van der Waals surface area contributed by atoms with Crippen molar-refractivity contribution in [3.8, 4) is 10.4 Å². The molecule has 8 nitrogen and oxygen atoms in total. The van der Waals surface area contributed by atoms with E-state index in [1.807, 2.05) is 26.1 Å². The number of halogens is 5. The number of rotatable bonds is 8. The van der Waals surface area contributed by atoms with Crippen molar-refractivity contribution in [1.82, 2.24) is 20.2 Å². The molecule has 2 aromatic heterocycles. The number of hydrogen-bond donors (Lipinski definition) is 3. The monoisotopic (exact) mass is 579 g/mol. The first-order chi connectivity index (χ1) is 18.2. The van der Waals surface area contributed by atoms with E-state index in [2.05, 4.69) is 15.3 Å². The summed E-state index contributed by atoms with van der Waals surface area (Å²) in [4.78, 5) is 35.7. The number of likely N-dealkylation sites (tertiary alicyclic amines) is 1. The van der Waals surface area contributed by atoms with Crippen molar-refractivity contribution >= 4 is 29.0 Å². The molecule has 1 fully saturated rings. The maximum Gasteiger partial charge on any atom is 0.405 e. The first-order valence-corrected chi connectivity index (χ1v) is 13.4. The van der Waals surface area contributed by atoms with Gasteiger partial charge in [0.25, 0.3) is 18.2 Å². The van der Waals surface area contributed by atoms with Gasteiger partial charge in [0.1, 0.15) is 18.1 Å². The van der Waals surface area contributed by atoms with Gasteiger partial charge < -0.3 is 20.6 Å². The smallest absolute Gasteiger partial charge is 0.389 e. The Morgan fingerprint density at radius 1 is 1.21 bits per heavy atom. The van der Waals surface area contributed by atoms with Gasteiger partial charge in [0.15, 0.2) is 5.01 Å². The lowest BCUT2D eigenvalue weighted by molar-refractivity contribution is -0.115. The molecule has 2 aromatic rings. The molecule has 0 bridgehead atoms. The van der Waals surface area contributed by atoms with Crippen LogP contribution in [0.3, 0.4) is 0 Å². The molecule has 3 N–H and O–H groups in total. The number of amides is 2. The highest BCUT2D eigenvalue weighted by Crippen LogP contribution is 2.38. The second kappa shape index (κ2) is 13.5. The highest BCUT2D eigenvalue weighted by atomic mass is 32.1. The van der Waals surface area contributed by atoms with Crippen LogP contribution in [0.5, 0.6) is 0 Å². The van der Waals surface area contributed by atoms with Crippen LogP contribution in [-0.2, 0) is 0 Å². The van der Waals surface area contributed by atoms with Gasteiger partial charge in [0.05, 0.1) is 10.5 Å². The Hall–Kier alpha value is -2.87. The number of aliphatic hydroxyl groups is 1. The minimum absolute atomic E-state index is 0.0404. The van der Waals surface area contributed by atoms with Crippen molar-refractivity contribution in [2.24, 2.45) is 0 Å². The van der Waals surface area contributed by atoms with Crippen molar-refractivity contribution in [3.63, 3.8) is 0 Å². The summed E-state index contributed by atoms with van der Waals surface area (Å²) in [5.74, 6) is -1.67. The van der Waals surface area contributed by atoms with Crippen molar-refractivity contribution < 1.29 is 36.6 Å². The Balaban J connectivity index is 0.00000260. The summed E-state index contributed by atoms with van der Waals surface area (Å²) < 4.78 is 65.8. The van der Waals surface area contributed by atoms with Crippen LogP contribution in [0.15, 0.2) is 12.3 Å². The zero-order valence-corrected chi connectivity index (χ0v) is 23.3. The van der Waals surface area contributed by atoms with E-state index in [1.54, 1.807) is 4.90 Å². The Morgan fingerprint density at radius 3 is 2.44 bits per heavy atom. The number of hydrogen-bond acceptors (Lipinski definition) is 7. The van der Waals surface area contributed by atoms with E-state index in [0.29, 0.717) is 17.9 Å². The number of aromatic nitrogens is 2. The molecule has 0 aliphatic carbocycles. The van der Waals surface area contributed by atoms with E-state index in [1.165, 1.54) is 13.8 Å². The highest BCUT2D eigenvalue weighted by Gasteiger charge is 2.33. The first kappa shape index (κ1) is 32.3. The fourth-order valence-electron chi connectivity index (χ4n) is 3.78. The summed E-state index contributed by atoms with van der Waals surface area (Å²) in [6.07, 6.45) is -4.34. The largest absolute Gasteiger partial charge is 0.405 e. The molecule has 1 unspecified atom stereocenters. The van der Waals surface area contributed by atoms with E-state index in [9.17, 15) is 36.6 Å². The second-order valence-electron chi connectivity index (χ2n) is 9.46. The molecule has 1 aliphatic rings. The Kier molecular flexibility index (Phi) is 11.2. The molecule has 0 radical (unpaired) electrons. The Bertz CT molecular complexity index is 1130. The highest BCUT2D eigenvalue weighted by molar-refractivity contribution is 7.17. The lowest BCUT2D eigenvalue weighted by Crippen LogP contribution is -2.42. The standard InChI is InChI=1S/C23H28F5N5O3S.C2H6/c1-12-6-4-5-7-33(12)21(35)16-17(37-20(32-16)19(34)31-10-22(2,3)36)14-9-29-15(8-13(14)18(24)25)30-11-23(26,27)28;1-2/h8-9,12,18,36H,4-7,10-11H2,1-3H3,(H,29,30)(H,31,34);1-2H3. The SMILES string of the molecule is CC.CC1CCCCN1C(=O)c1nc(C(=O)NCC(C)(C)O)sc1-c1cnc(NCC(F)(F)F)cc1C(F)F. The van der Waals surface area contributed by atoms with Gasteiger partial charge in [-0.15, -0.1) is 11.3 Å². The van der Waals surface area contributed by atoms with Crippen LogP contribution in [0.1, 0.15) is 86.2 Å². The number of thiazole rings is 1. The number of nitrogens with zero attached hydrogens (tertiary/aromatic N) is 3. The van der Waals surface area contributed by atoms with Crippen molar-refractivity contribution in [2.75, 3.05) is 25.0 Å². The molecular formula is C25H34F5N5O3S. The molecule has 1 aliphatic heterocycles. The number of alkyl halides is 5. The van der Waals surface area contributed by atoms with Crippen LogP contribution < -0.4 is 10.6 Å². The third-order valence-corrected chi connectivity index (χ3v) is 6.74. The van der Waals surface area contributed by atoms with E-state index in [0.717, 1.165) is 31.5 Å². The van der Waals surface area contributed by atoms with Gasteiger partial charge in [-0.05, 0) is 46.1 Å². The lowest BCUT2D eigenvalue weighted by atomic mass is 10.0. The second-order valence-corrected chi connectivity index (χ2v) is 10.5. The minimum atomic E-state index is -4.58. The summed E-state index contributed by atoms with van der Waals surface area (Å²) in [6, 6.07) is 0.655. The van der Waals surface area contributed by atoms with Gasteiger partial charge >= 0.3 is 6.18 Å². The topological polar surface area (TPSA) is 107 Å². The summed E-state index contributed by atoms with van der Waals surface area (Å²) in [5.41, 5.74) is -2.32. The molecule has 0 aromatic carbocycles. The van der Waals surface area contributed by atoms with Gasteiger partial charge in [-0.25, -0.2) is 18.7 Å². The van der Waals surface area contributed by atoms with Crippen molar-refractivity contribution in [1.29, 1.82) is 0 Å². The molecule has 218 valence electrons. The summed E-state index contributed by atoms with van der Waals surface area (Å²) in [6.45, 7) is 7.64. The summed E-state index contributed by atoms with van der Waals surface area (Å²) in [7, 11) is 0. The molecule has 3 rings (SSSR count). The van der Waals surface area contributed by atoms with Crippen LogP contribution in [-0.4, -0.2) is 69.2 Å². The maximum absolute atomic E-state index is 14.0. The van der Waals surface area contributed by atoms with E-state index < -0.39 is 47.9 Å². The number of anilines is 1. The Labute approximate surface area is 228 Å². The predicted octanol–water partition coefficient (Wildman–Crippen LogP) is 5.66. The fraction of sp³-hybridized carbons (Fsp3) is 0.600. The predicted molar refractivity (Wildman–Crippen MR) is 139 cm³/mol. The molecule has 39 heavy (non-hydrogen) atoms.